The van der Waals surface area contributed by atoms with Gasteiger partial charge in [-0.3, -0.25) is 9.89 Å². The van der Waals surface area contributed by atoms with Crippen molar-refractivity contribution in [2.75, 3.05) is 46.3 Å². The largest absolute Gasteiger partial charge is 0.349 e. The summed E-state index contributed by atoms with van der Waals surface area (Å²) in [4.78, 5) is 12.1. The quantitative estimate of drug-likeness (QED) is 0.616. The number of aryl methyl sites for hydroxylation is 1. The fourth-order valence-corrected chi connectivity index (χ4v) is 4.16. The summed E-state index contributed by atoms with van der Waals surface area (Å²) in [5, 5.41) is 11.8. The van der Waals surface area contributed by atoms with E-state index in [9.17, 15) is 0 Å². The molecule has 0 aliphatic carbocycles. The van der Waals surface area contributed by atoms with Gasteiger partial charge in [0.2, 0.25) is 0 Å². The Kier molecular flexibility index (Phi) is 6.70. The Morgan fingerprint density at radius 3 is 2.30 bits per heavy atom. The summed E-state index contributed by atoms with van der Waals surface area (Å²) < 4.78 is 2.02. The van der Waals surface area contributed by atoms with Gasteiger partial charge in [0, 0.05) is 52.4 Å². The van der Waals surface area contributed by atoms with E-state index in [4.69, 9.17) is 0 Å². The van der Waals surface area contributed by atoms with E-state index in [1.807, 2.05) is 25.6 Å². The van der Waals surface area contributed by atoms with Crippen LogP contribution in [0.15, 0.2) is 4.99 Å². The van der Waals surface area contributed by atoms with E-state index >= 15 is 0 Å². The number of rotatable bonds is 4. The lowest BCUT2D eigenvalue weighted by Crippen LogP contribution is -2.56. The predicted octanol–water partition coefficient (Wildman–Crippen LogP) is 0.689. The highest BCUT2D eigenvalue weighted by atomic mass is 15.4. The van der Waals surface area contributed by atoms with Crippen LogP contribution in [0.2, 0.25) is 0 Å². The lowest BCUT2D eigenvalue weighted by molar-refractivity contribution is 0.0673. The van der Waals surface area contributed by atoms with Crippen molar-refractivity contribution in [3.63, 3.8) is 0 Å². The molecule has 1 N–H and O–H groups in total. The topological polar surface area (TPSA) is 64.8 Å². The Balaban J connectivity index is 1.45. The number of aliphatic imine (C=N–C) groups is 1. The van der Waals surface area contributed by atoms with Crippen LogP contribution in [-0.4, -0.2) is 93.8 Å². The molecule has 0 aromatic carbocycles. The van der Waals surface area contributed by atoms with Crippen LogP contribution in [0.5, 0.6) is 0 Å². The zero-order valence-electron chi connectivity index (χ0n) is 17.6. The van der Waals surface area contributed by atoms with Crippen molar-refractivity contribution in [3.05, 3.63) is 11.6 Å². The molecular formula is C19H36N8. The third kappa shape index (κ3) is 4.79. The molecule has 3 rings (SSSR count). The van der Waals surface area contributed by atoms with Gasteiger partial charge in [-0.15, -0.1) is 10.2 Å². The second kappa shape index (κ2) is 9.01. The van der Waals surface area contributed by atoms with Crippen LogP contribution < -0.4 is 5.32 Å². The first-order valence-electron chi connectivity index (χ1n) is 10.3. The normalized spacial score (nSPS) is 21.3. The average Bonchev–Trinajstić information content (AvgIpc) is 3.01. The second-order valence-corrected chi connectivity index (χ2v) is 8.01. The van der Waals surface area contributed by atoms with Gasteiger partial charge in [-0.2, -0.15) is 0 Å². The minimum absolute atomic E-state index is 0.651. The number of aromatic nitrogens is 3. The standard InChI is InChI=1S/C19H36N8/c1-15(2)25-8-6-17(7-9-25)26-10-12-27(13-11-26)19(20-4)21-14-18-23-22-16(3)24(18)5/h15,17H,6-14H2,1-5H3,(H,20,21). The van der Waals surface area contributed by atoms with E-state index in [1.54, 1.807) is 0 Å². The summed E-state index contributed by atoms with van der Waals surface area (Å²) in [7, 11) is 3.86. The van der Waals surface area contributed by atoms with Crippen LogP contribution in [0.1, 0.15) is 38.3 Å². The van der Waals surface area contributed by atoms with Crippen LogP contribution in [0.4, 0.5) is 0 Å². The molecule has 152 valence electrons. The maximum Gasteiger partial charge on any atom is 0.194 e. The SMILES string of the molecule is CN=C(NCc1nnc(C)n1C)N1CCN(C2CCN(C(C)C)CC2)CC1. The molecule has 1 aromatic heterocycles. The first kappa shape index (κ1) is 20.1. The van der Waals surface area contributed by atoms with Crippen molar-refractivity contribution in [1.29, 1.82) is 0 Å². The van der Waals surface area contributed by atoms with Gasteiger partial charge in [0.1, 0.15) is 5.82 Å². The van der Waals surface area contributed by atoms with Crippen LogP contribution in [0, 0.1) is 6.92 Å². The molecule has 1 aromatic rings. The number of piperidine rings is 1. The van der Waals surface area contributed by atoms with Gasteiger partial charge >= 0.3 is 0 Å². The van der Waals surface area contributed by atoms with E-state index in [-0.39, 0.29) is 0 Å². The van der Waals surface area contributed by atoms with E-state index in [0.717, 1.165) is 49.8 Å². The molecule has 8 heteroatoms. The van der Waals surface area contributed by atoms with E-state index in [1.165, 1.54) is 25.9 Å². The third-order valence-electron chi connectivity index (χ3n) is 6.16. The molecule has 2 aliphatic heterocycles. The van der Waals surface area contributed by atoms with Crippen LogP contribution in [0.25, 0.3) is 0 Å². The Bertz CT molecular complexity index is 622. The second-order valence-electron chi connectivity index (χ2n) is 8.01. The highest BCUT2D eigenvalue weighted by Crippen LogP contribution is 2.19. The molecule has 27 heavy (non-hydrogen) atoms. The number of guanidine groups is 1. The van der Waals surface area contributed by atoms with E-state index < -0.39 is 0 Å². The first-order valence-corrected chi connectivity index (χ1v) is 10.3. The van der Waals surface area contributed by atoms with Gasteiger partial charge in [0.15, 0.2) is 11.8 Å². The molecule has 8 nitrogen and oxygen atoms in total. The highest BCUT2D eigenvalue weighted by Gasteiger charge is 2.28. The fourth-order valence-electron chi connectivity index (χ4n) is 4.16. The predicted molar refractivity (Wildman–Crippen MR) is 109 cm³/mol. The molecule has 0 radical (unpaired) electrons. The summed E-state index contributed by atoms with van der Waals surface area (Å²) in [6.07, 6.45) is 2.60. The van der Waals surface area contributed by atoms with Crippen LogP contribution >= 0.6 is 0 Å². The molecule has 3 heterocycles. The average molecular weight is 377 g/mol. The Morgan fingerprint density at radius 2 is 1.78 bits per heavy atom. The minimum Gasteiger partial charge on any atom is -0.349 e. The number of hydrogen-bond donors (Lipinski definition) is 1. The summed E-state index contributed by atoms with van der Waals surface area (Å²) in [6, 6.07) is 1.42. The monoisotopic (exact) mass is 376 g/mol. The van der Waals surface area contributed by atoms with Gasteiger partial charge in [-0.1, -0.05) is 0 Å². The van der Waals surface area contributed by atoms with Gasteiger partial charge in [-0.05, 0) is 46.7 Å². The molecular weight excluding hydrogens is 340 g/mol. The molecule has 2 aliphatic rings. The third-order valence-corrected chi connectivity index (χ3v) is 6.16. The lowest BCUT2D eigenvalue weighted by Gasteiger charge is -2.44. The maximum atomic E-state index is 4.48. The smallest absolute Gasteiger partial charge is 0.194 e. The van der Waals surface area contributed by atoms with Crippen molar-refractivity contribution >= 4 is 5.96 Å². The lowest BCUT2D eigenvalue weighted by atomic mass is 10.0. The highest BCUT2D eigenvalue weighted by molar-refractivity contribution is 5.79. The van der Waals surface area contributed by atoms with Crippen LogP contribution in [-0.2, 0) is 13.6 Å². The summed E-state index contributed by atoms with van der Waals surface area (Å²) in [6.45, 7) is 14.0. The van der Waals surface area contributed by atoms with E-state index in [2.05, 4.69) is 49.1 Å². The number of piperazine rings is 1. The molecule has 0 saturated carbocycles. The van der Waals surface area contributed by atoms with Crippen molar-refractivity contribution in [3.8, 4) is 0 Å². The van der Waals surface area contributed by atoms with Gasteiger partial charge < -0.3 is 19.7 Å². The fraction of sp³-hybridized carbons (Fsp3) is 0.842. The van der Waals surface area contributed by atoms with Crippen molar-refractivity contribution < 1.29 is 0 Å². The van der Waals surface area contributed by atoms with Gasteiger partial charge in [-0.25, -0.2) is 0 Å². The molecule has 2 saturated heterocycles. The Labute approximate surface area is 163 Å². The zero-order chi connectivity index (χ0) is 19.4. The van der Waals surface area contributed by atoms with Crippen molar-refractivity contribution in [2.45, 2.75) is 52.2 Å². The van der Waals surface area contributed by atoms with E-state index in [0.29, 0.717) is 12.6 Å². The van der Waals surface area contributed by atoms with Gasteiger partial charge in [0.25, 0.3) is 0 Å². The number of likely N-dealkylation sites (tertiary alicyclic amines) is 1. The molecule has 0 bridgehead atoms. The minimum atomic E-state index is 0.651. The van der Waals surface area contributed by atoms with Crippen molar-refractivity contribution in [2.24, 2.45) is 12.0 Å². The van der Waals surface area contributed by atoms with Crippen molar-refractivity contribution in [1.82, 2.24) is 34.8 Å². The zero-order valence-corrected chi connectivity index (χ0v) is 17.6. The Hall–Kier alpha value is -1.67. The molecule has 0 amide bonds. The molecule has 0 spiro atoms. The molecule has 2 fully saturated rings. The van der Waals surface area contributed by atoms with Gasteiger partial charge in [0.05, 0.1) is 6.54 Å². The molecule has 0 unspecified atom stereocenters. The number of nitrogens with one attached hydrogen (secondary N) is 1. The number of nitrogens with zero attached hydrogens (tertiary/aromatic N) is 7. The molecule has 0 atom stereocenters. The Morgan fingerprint density at radius 1 is 1.11 bits per heavy atom. The summed E-state index contributed by atoms with van der Waals surface area (Å²) >= 11 is 0. The van der Waals surface area contributed by atoms with Crippen LogP contribution in [0.3, 0.4) is 0 Å². The summed E-state index contributed by atoms with van der Waals surface area (Å²) in [5.74, 6) is 2.83. The first-order chi connectivity index (χ1) is 13.0. The number of hydrogen-bond acceptors (Lipinski definition) is 5. The summed E-state index contributed by atoms with van der Waals surface area (Å²) in [5.41, 5.74) is 0. The maximum absolute atomic E-state index is 4.48.